The molecule has 0 aliphatic carbocycles. The van der Waals surface area contributed by atoms with Crippen molar-refractivity contribution in [1.82, 2.24) is 10.2 Å². The van der Waals surface area contributed by atoms with Gasteiger partial charge in [0.2, 0.25) is 12.3 Å². The normalized spacial score (nSPS) is 10.9. The van der Waals surface area contributed by atoms with Crippen LogP contribution in [0.3, 0.4) is 0 Å². The van der Waals surface area contributed by atoms with Crippen LogP contribution in [0.5, 0.6) is 0 Å². The van der Waals surface area contributed by atoms with Gasteiger partial charge in [-0.2, -0.15) is 0 Å². The number of nitrogens with one attached hydrogen (secondary N) is 1. The van der Waals surface area contributed by atoms with Crippen molar-refractivity contribution in [2.45, 2.75) is 26.7 Å². The van der Waals surface area contributed by atoms with Gasteiger partial charge in [0.25, 0.3) is 0 Å². The molecular formula is C12H23N3O3. The maximum Gasteiger partial charge on any atom is 0.219 e. The van der Waals surface area contributed by atoms with E-state index in [4.69, 9.17) is 4.74 Å². The molecule has 0 saturated carbocycles. The van der Waals surface area contributed by atoms with Crippen LogP contribution in [0.15, 0.2) is 4.99 Å². The van der Waals surface area contributed by atoms with Gasteiger partial charge in [-0.05, 0) is 13.3 Å². The number of hydrogen-bond acceptors (Lipinski definition) is 4. The van der Waals surface area contributed by atoms with E-state index in [1.165, 1.54) is 6.92 Å². The van der Waals surface area contributed by atoms with Crippen molar-refractivity contribution >= 4 is 18.2 Å². The molecule has 0 spiro atoms. The lowest BCUT2D eigenvalue weighted by molar-refractivity contribution is -0.127. The summed E-state index contributed by atoms with van der Waals surface area (Å²) in [6.45, 7) is 5.73. The molecule has 104 valence electrons. The summed E-state index contributed by atoms with van der Waals surface area (Å²) in [4.78, 5) is 26.9. The second-order valence-electron chi connectivity index (χ2n) is 3.83. The number of likely N-dealkylation sites (N-methyl/N-ethyl adjacent to an activating group) is 1. The Bertz CT molecular complexity index is 280. The topological polar surface area (TPSA) is 71.0 Å². The Balaban J connectivity index is 3.87. The van der Waals surface area contributed by atoms with Crippen molar-refractivity contribution in [3.63, 3.8) is 0 Å². The van der Waals surface area contributed by atoms with E-state index in [0.29, 0.717) is 45.0 Å². The largest absolute Gasteiger partial charge is 0.479 e. The zero-order valence-corrected chi connectivity index (χ0v) is 11.4. The third-order valence-corrected chi connectivity index (χ3v) is 2.36. The van der Waals surface area contributed by atoms with Crippen LogP contribution >= 0.6 is 0 Å². The molecule has 0 atom stereocenters. The van der Waals surface area contributed by atoms with E-state index >= 15 is 0 Å². The Kier molecular flexibility index (Phi) is 9.62. The van der Waals surface area contributed by atoms with E-state index in [1.807, 2.05) is 6.92 Å². The van der Waals surface area contributed by atoms with Crippen LogP contribution < -0.4 is 5.32 Å². The van der Waals surface area contributed by atoms with Crippen LogP contribution in [0.1, 0.15) is 26.7 Å². The van der Waals surface area contributed by atoms with Crippen molar-refractivity contribution < 1.29 is 14.3 Å². The first-order valence-electron chi connectivity index (χ1n) is 6.16. The van der Waals surface area contributed by atoms with Crippen LogP contribution in [-0.4, -0.2) is 56.4 Å². The number of aliphatic imine (C=N–C) groups is 1. The van der Waals surface area contributed by atoms with Gasteiger partial charge in [-0.15, -0.1) is 0 Å². The highest BCUT2D eigenvalue weighted by Gasteiger charge is 2.04. The zero-order valence-electron chi connectivity index (χ0n) is 11.4. The number of carbonyl (C=O) groups excluding carboxylic acids is 2. The molecule has 1 N–H and O–H groups in total. The number of nitrogens with zero attached hydrogens (tertiary/aromatic N) is 2. The van der Waals surface area contributed by atoms with E-state index in [9.17, 15) is 9.59 Å². The fourth-order valence-corrected chi connectivity index (χ4v) is 1.23. The van der Waals surface area contributed by atoms with Gasteiger partial charge in [0.15, 0.2) is 5.90 Å². The van der Waals surface area contributed by atoms with Gasteiger partial charge >= 0.3 is 0 Å². The van der Waals surface area contributed by atoms with Gasteiger partial charge < -0.3 is 15.0 Å². The third-order valence-electron chi connectivity index (χ3n) is 2.36. The predicted octanol–water partition coefficient (Wildman–Crippen LogP) is 0.426. The van der Waals surface area contributed by atoms with Gasteiger partial charge in [0, 0.05) is 33.5 Å². The molecule has 0 saturated heterocycles. The molecule has 0 heterocycles. The summed E-state index contributed by atoms with van der Waals surface area (Å²) in [6, 6.07) is 0. The summed E-state index contributed by atoms with van der Waals surface area (Å²) < 4.78 is 5.52. The average Bonchev–Trinajstić information content (AvgIpc) is 2.34. The van der Waals surface area contributed by atoms with Gasteiger partial charge in [-0.1, -0.05) is 0 Å². The van der Waals surface area contributed by atoms with Gasteiger partial charge in [-0.3, -0.25) is 14.6 Å². The maximum atomic E-state index is 11.0. The van der Waals surface area contributed by atoms with Crippen molar-refractivity contribution in [3.8, 4) is 0 Å². The SMILES string of the molecule is CCN=C(CCCNC=O)OCCN(C)C(C)=O. The fourth-order valence-electron chi connectivity index (χ4n) is 1.23. The minimum Gasteiger partial charge on any atom is -0.479 e. The summed E-state index contributed by atoms with van der Waals surface area (Å²) in [5, 5.41) is 2.59. The predicted molar refractivity (Wildman–Crippen MR) is 70.5 cm³/mol. The van der Waals surface area contributed by atoms with E-state index in [-0.39, 0.29) is 5.91 Å². The number of rotatable bonds is 9. The average molecular weight is 257 g/mol. The summed E-state index contributed by atoms with van der Waals surface area (Å²) in [5.41, 5.74) is 0. The Labute approximate surface area is 108 Å². The number of ether oxygens (including phenoxy) is 1. The van der Waals surface area contributed by atoms with E-state index < -0.39 is 0 Å². The van der Waals surface area contributed by atoms with Crippen molar-refractivity contribution in [3.05, 3.63) is 0 Å². The van der Waals surface area contributed by atoms with Crippen LogP contribution in [0.25, 0.3) is 0 Å². The standard InChI is InChI=1S/C12H23N3O3/c1-4-14-12(6-5-7-13-10-16)18-9-8-15(3)11(2)17/h10H,4-9H2,1-3H3,(H,13,16). The molecule has 0 aromatic heterocycles. The molecule has 6 nitrogen and oxygen atoms in total. The molecule has 0 aliphatic rings. The van der Waals surface area contributed by atoms with Crippen molar-refractivity contribution in [1.29, 1.82) is 0 Å². The smallest absolute Gasteiger partial charge is 0.219 e. The first kappa shape index (κ1) is 16.4. The second kappa shape index (κ2) is 10.6. The molecule has 0 fully saturated rings. The summed E-state index contributed by atoms with van der Waals surface area (Å²) in [5.74, 6) is 0.699. The second-order valence-corrected chi connectivity index (χ2v) is 3.83. The lowest BCUT2D eigenvalue weighted by Gasteiger charge is -2.16. The van der Waals surface area contributed by atoms with E-state index in [2.05, 4.69) is 10.3 Å². The monoisotopic (exact) mass is 257 g/mol. The maximum absolute atomic E-state index is 11.0. The van der Waals surface area contributed by atoms with Crippen LogP contribution in [-0.2, 0) is 14.3 Å². The molecule has 18 heavy (non-hydrogen) atoms. The molecular weight excluding hydrogens is 234 g/mol. The number of amides is 2. The van der Waals surface area contributed by atoms with Crippen molar-refractivity contribution in [2.24, 2.45) is 4.99 Å². The van der Waals surface area contributed by atoms with E-state index in [0.717, 1.165) is 6.42 Å². The highest BCUT2D eigenvalue weighted by Crippen LogP contribution is 1.96. The molecule has 0 radical (unpaired) electrons. The molecule has 0 rings (SSSR count). The highest BCUT2D eigenvalue weighted by atomic mass is 16.5. The molecule has 0 aromatic rings. The van der Waals surface area contributed by atoms with Gasteiger partial charge in [0.1, 0.15) is 6.61 Å². The first-order chi connectivity index (χ1) is 8.61. The van der Waals surface area contributed by atoms with Crippen LogP contribution in [0, 0.1) is 0 Å². The Morgan fingerprint density at radius 2 is 2.22 bits per heavy atom. The van der Waals surface area contributed by atoms with Gasteiger partial charge in [-0.25, -0.2) is 0 Å². The fraction of sp³-hybridized carbons (Fsp3) is 0.750. The molecule has 0 aliphatic heterocycles. The molecule has 0 aromatic carbocycles. The Hall–Kier alpha value is -1.59. The van der Waals surface area contributed by atoms with Crippen molar-refractivity contribution in [2.75, 3.05) is 33.3 Å². The van der Waals surface area contributed by atoms with Crippen LogP contribution in [0.4, 0.5) is 0 Å². The molecule has 6 heteroatoms. The quantitative estimate of drug-likeness (QED) is 0.282. The minimum absolute atomic E-state index is 0.0164. The lowest BCUT2D eigenvalue weighted by Crippen LogP contribution is -2.28. The summed E-state index contributed by atoms with van der Waals surface area (Å²) >= 11 is 0. The zero-order chi connectivity index (χ0) is 13.8. The third kappa shape index (κ3) is 8.55. The lowest BCUT2D eigenvalue weighted by atomic mass is 10.3. The summed E-state index contributed by atoms with van der Waals surface area (Å²) in [7, 11) is 1.73. The summed E-state index contributed by atoms with van der Waals surface area (Å²) in [6.07, 6.45) is 2.16. The Morgan fingerprint density at radius 3 is 2.78 bits per heavy atom. The first-order valence-corrected chi connectivity index (χ1v) is 6.16. The Morgan fingerprint density at radius 1 is 1.50 bits per heavy atom. The molecule has 0 unspecified atom stereocenters. The number of carbonyl (C=O) groups is 2. The van der Waals surface area contributed by atoms with Crippen LogP contribution in [0.2, 0.25) is 0 Å². The molecule has 0 bridgehead atoms. The molecule has 2 amide bonds. The highest BCUT2D eigenvalue weighted by molar-refractivity contribution is 5.76. The minimum atomic E-state index is 0.0164. The van der Waals surface area contributed by atoms with Gasteiger partial charge in [0.05, 0.1) is 6.54 Å². The number of hydrogen-bond donors (Lipinski definition) is 1. The van der Waals surface area contributed by atoms with E-state index in [1.54, 1.807) is 11.9 Å².